The number of aromatic amines is 1. The van der Waals surface area contributed by atoms with Crippen molar-refractivity contribution >= 4 is 6.09 Å². The fourth-order valence-corrected chi connectivity index (χ4v) is 1.83. The van der Waals surface area contributed by atoms with E-state index in [1.807, 2.05) is 12.1 Å². The Balaban J connectivity index is 1.42. The van der Waals surface area contributed by atoms with E-state index in [2.05, 4.69) is 25.5 Å². The van der Waals surface area contributed by atoms with Crippen molar-refractivity contribution in [1.29, 1.82) is 0 Å². The van der Waals surface area contributed by atoms with Gasteiger partial charge in [-0.05, 0) is 23.7 Å². The number of carbonyl (C=O) groups is 1. The van der Waals surface area contributed by atoms with Gasteiger partial charge in [-0.1, -0.05) is 0 Å². The summed E-state index contributed by atoms with van der Waals surface area (Å²) in [6, 6.07) is 5.20. The van der Waals surface area contributed by atoms with E-state index in [9.17, 15) is 4.79 Å². The number of nitrogens with one attached hydrogen (secondary N) is 2. The maximum absolute atomic E-state index is 11.6. The van der Waals surface area contributed by atoms with E-state index < -0.39 is 6.09 Å². The third-order valence-electron chi connectivity index (χ3n) is 2.85. The molecule has 1 amide bonds. The van der Waals surface area contributed by atoms with Crippen LogP contribution in [-0.2, 0) is 6.54 Å². The Labute approximate surface area is 125 Å². The molecular weight excluding hydrogens is 288 g/mol. The molecule has 114 valence electrons. The minimum atomic E-state index is -0.579. The first-order chi connectivity index (χ1) is 10.8. The molecule has 0 aromatic carbocycles. The SMILES string of the molecule is O=C(NCCCn1cncn1)Oc1cc(-c2ccc[nH]2)on1. The van der Waals surface area contributed by atoms with Gasteiger partial charge in [-0.25, -0.2) is 9.78 Å². The van der Waals surface area contributed by atoms with Crippen LogP contribution in [0.15, 0.2) is 41.6 Å². The predicted molar refractivity (Wildman–Crippen MR) is 75.0 cm³/mol. The highest BCUT2D eigenvalue weighted by Crippen LogP contribution is 2.21. The number of nitrogens with zero attached hydrogens (tertiary/aromatic N) is 4. The third kappa shape index (κ3) is 3.51. The van der Waals surface area contributed by atoms with Crippen molar-refractivity contribution < 1.29 is 14.1 Å². The summed E-state index contributed by atoms with van der Waals surface area (Å²) in [4.78, 5) is 18.4. The van der Waals surface area contributed by atoms with Gasteiger partial charge in [0.2, 0.25) is 0 Å². The van der Waals surface area contributed by atoms with Crippen LogP contribution in [0.1, 0.15) is 6.42 Å². The summed E-state index contributed by atoms with van der Waals surface area (Å²) < 4.78 is 11.8. The van der Waals surface area contributed by atoms with Crippen LogP contribution in [0, 0.1) is 0 Å². The quantitative estimate of drug-likeness (QED) is 0.666. The van der Waals surface area contributed by atoms with Crippen molar-refractivity contribution in [1.82, 2.24) is 30.2 Å². The van der Waals surface area contributed by atoms with Gasteiger partial charge in [0.1, 0.15) is 12.7 Å². The van der Waals surface area contributed by atoms with Gasteiger partial charge in [-0.2, -0.15) is 5.10 Å². The van der Waals surface area contributed by atoms with Crippen molar-refractivity contribution in [3.05, 3.63) is 37.1 Å². The topological polar surface area (TPSA) is 111 Å². The molecule has 0 saturated heterocycles. The minimum Gasteiger partial charge on any atom is -0.388 e. The molecule has 0 fully saturated rings. The van der Waals surface area contributed by atoms with Crippen LogP contribution in [-0.4, -0.2) is 37.5 Å². The molecular formula is C13H14N6O3. The number of aromatic nitrogens is 5. The molecule has 3 aromatic rings. The molecule has 3 rings (SSSR count). The first kappa shape index (κ1) is 13.9. The van der Waals surface area contributed by atoms with Gasteiger partial charge in [0.15, 0.2) is 5.76 Å². The standard InChI is InChI=1S/C13H14N6O3/c20-13(16-5-2-6-19-9-14-8-17-19)21-12-7-11(22-18-12)10-3-1-4-15-10/h1,3-4,7-9,15H,2,5-6H2,(H,16,20). The Bertz CT molecular complexity index is 704. The van der Waals surface area contributed by atoms with Crippen molar-refractivity contribution in [2.45, 2.75) is 13.0 Å². The summed E-state index contributed by atoms with van der Waals surface area (Å²) in [5.74, 6) is 0.609. The number of aryl methyl sites for hydroxylation is 1. The predicted octanol–water partition coefficient (Wildman–Crippen LogP) is 1.44. The molecule has 0 radical (unpaired) electrons. The molecule has 0 aliphatic heterocycles. The second-order valence-electron chi connectivity index (χ2n) is 4.44. The normalized spacial score (nSPS) is 10.5. The zero-order chi connectivity index (χ0) is 15.2. The van der Waals surface area contributed by atoms with Gasteiger partial charge < -0.3 is 19.6 Å². The summed E-state index contributed by atoms with van der Waals surface area (Å²) in [6.45, 7) is 1.13. The minimum absolute atomic E-state index is 0.110. The molecule has 0 bridgehead atoms. The van der Waals surface area contributed by atoms with Gasteiger partial charge in [0.05, 0.1) is 11.8 Å². The van der Waals surface area contributed by atoms with Crippen molar-refractivity contribution in [3.8, 4) is 17.3 Å². The molecule has 0 saturated carbocycles. The third-order valence-corrected chi connectivity index (χ3v) is 2.85. The van der Waals surface area contributed by atoms with Gasteiger partial charge in [-0.3, -0.25) is 4.68 Å². The molecule has 0 spiro atoms. The lowest BCUT2D eigenvalue weighted by Gasteiger charge is -2.03. The Morgan fingerprint density at radius 2 is 2.45 bits per heavy atom. The maximum Gasteiger partial charge on any atom is 0.414 e. The molecule has 3 heterocycles. The van der Waals surface area contributed by atoms with Crippen LogP contribution in [0.3, 0.4) is 0 Å². The number of amides is 1. The molecule has 9 nitrogen and oxygen atoms in total. The second kappa shape index (κ2) is 6.57. The van der Waals surface area contributed by atoms with Crippen LogP contribution in [0.4, 0.5) is 4.79 Å². The molecule has 2 N–H and O–H groups in total. The highest BCUT2D eigenvalue weighted by Gasteiger charge is 2.11. The van der Waals surface area contributed by atoms with Gasteiger partial charge in [0.25, 0.3) is 5.88 Å². The Morgan fingerprint density at radius 1 is 1.50 bits per heavy atom. The Morgan fingerprint density at radius 3 is 3.23 bits per heavy atom. The molecule has 0 atom stereocenters. The number of hydrogen-bond acceptors (Lipinski definition) is 6. The van der Waals surface area contributed by atoms with Gasteiger partial charge >= 0.3 is 6.09 Å². The fourth-order valence-electron chi connectivity index (χ4n) is 1.83. The monoisotopic (exact) mass is 302 g/mol. The zero-order valence-corrected chi connectivity index (χ0v) is 11.6. The summed E-state index contributed by atoms with van der Waals surface area (Å²) in [7, 11) is 0. The number of hydrogen-bond donors (Lipinski definition) is 2. The maximum atomic E-state index is 11.6. The molecule has 3 aromatic heterocycles. The van der Waals surface area contributed by atoms with E-state index >= 15 is 0 Å². The van der Waals surface area contributed by atoms with Crippen molar-refractivity contribution in [2.24, 2.45) is 0 Å². The molecule has 22 heavy (non-hydrogen) atoms. The highest BCUT2D eigenvalue weighted by molar-refractivity contribution is 5.70. The largest absolute Gasteiger partial charge is 0.414 e. The number of ether oxygens (including phenoxy) is 1. The van der Waals surface area contributed by atoms with Crippen LogP contribution in [0.25, 0.3) is 11.5 Å². The highest BCUT2D eigenvalue weighted by atomic mass is 16.6. The van der Waals surface area contributed by atoms with E-state index in [-0.39, 0.29) is 5.88 Å². The van der Waals surface area contributed by atoms with Gasteiger partial charge in [0, 0.05) is 19.3 Å². The van der Waals surface area contributed by atoms with E-state index in [1.165, 1.54) is 6.33 Å². The smallest absolute Gasteiger partial charge is 0.388 e. The van der Waals surface area contributed by atoms with Crippen LogP contribution in [0.5, 0.6) is 5.88 Å². The van der Waals surface area contributed by atoms with E-state index in [1.54, 1.807) is 23.3 Å². The molecule has 9 heteroatoms. The Hall–Kier alpha value is -3.10. The van der Waals surface area contributed by atoms with Crippen LogP contribution >= 0.6 is 0 Å². The number of rotatable bonds is 6. The molecule has 0 unspecified atom stereocenters. The van der Waals surface area contributed by atoms with Gasteiger partial charge in [-0.15, -0.1) is 0 Å². The number of carbonyl (C=O) groups excluding carboxylic acids is 1. The number of H-pyrrole nitrogens is 1. The van der Waals surface area contributed by atoms with Crippen molar-refractivity contribution in [2.75, 3.05) is 6.54 Å². The van der Waals surface area contributed by atoms with E-state index in [0.29, 0.717) is 25.3 Å². The van der Waals surface area contributed by atoms with Crippen LogP contribution < -0.4 is 10.1 Å². The lowest BCUT2D eigenvalue weighted by molar-refractivity contribution is 0.195. The fraction of sp³-hybridized carbons (Fsp3) is 0.231. The van der Waals surface area contributed by atoms with E-state index in [0.717, 1.165) is 5.69 Å². The average molecular weight is 302 g/mol. The molecule has 0 aliphatic rings. The summed E-state index contributed by atoms with van der Waals surface area (Å²) in [6.07, 6.45) is 4.99. The zero-order valence-electron chi connectivity index (χ0n) is 11.6. The van der Waals surface area contributed by atoms with Crippen LogP contribution in [0.2, 0.25) is 0 Å². The molecule has 0 aliphatic carbocycles. The second-order valence-corrected chi connectivity index (χ2v) is 4.44. The van der Waals surface area contributed by atoms with E-state index in [4.69, 9.17) is 9.26 Å². The summed E-state index contributed by atoms with van der Waals surface area (Å²) >= 11 is 0. The summed E-state index contributed by atoms with van der Waals surface area (Å²) in [5.41, 5.74) is 0.760. The lowest BCUT2D eigenvalue weighted by atomic mass is 10.3. The Kier molecular flexibility index (Phi) is 4.14. The summed E-state index contributed by atoms with van der Waals surface area (Å²) in [5, 5.41) is 10.3. The first-order valence-corrected chi connectivity index (χ1v) is 6.70. The lowest BCUT2D eigenvalue weighted by Crippen LogP contribution is -2.28. The van der Waals surface area contributed by atoms with Crippen molar-refractivity contribution in [3.63, 3.8) is 0 Å². The average Bonchev–Trinajstić information content (AvgIpc) is 3.24. The first-order valence-electron chi connectivity index (χ1n) is 6.70.